The van der Waals surface area contributed by atoms with E-state index in [-0.39, 0.29) is 0 Å². The fourth-order valence-electron chi connectivity index (χ4n) is 1.08. The van der Waals surface area contributed by atoms with Crippen LogP contribution >= 0.6 is 22.7 Å². The second-order valence-electron chi connectivity index (χ2n) is 2.63. The molecule has 2 rings (SSSR count). The van der Waals surface area contributed by atoms with E-state index < -0.39 is 6.10 Å². The first kappa shape index (κ1) is 9.64. The molecule has 0 aromatic carbocycles. The number of nitrogens with zero attached hydrogens (tertiary/aromatic N) is 1. The van der Waals surface area contributed by atoms with Crippen LogP contribution in [0.4, 0.5) is 0 Å². The molecule has 0 aliphatic heterocycles. The predicted molar refractivity (Wildman–Crippen MR) is 57.0 cm³/mol. The number of methoxy groups -OCH3 is 1. The van der Waals surface area contributed by atoms with Gasteiger partial charge in [-0.25, -0.2) is 4.98 Å². The molecule has 0 saturated carbocycles. The van der Waals surface area contributed by atoms with Gasteiger partial charge in [-0.05, 0) is 12.1 Å². The Balaban J connectivity index is 2.23. The SMILES string of the molecule is COc1ccc(C(O)c2nccs2)s1. The predicted octanol–water partition coefficient (Wildman–Crippen LogP) is 2.29. The molecule has 0 saturated heterocycles. The standard InChI is InChI=1S/C9H9NO2S2/c1-12-7-3-2-6(14-7)8(11)9-10-4-5-13-9/h2-5,8,11H,1H3. The van der Waals surface area contributed by atoms with Crippen molar-refractivity contribution in [2.24, 2.45) is 0 Å². The Kier molecular flexibility index (Phi) is 2.81. The molecule has 1 N–H and O–H groups in total. The lowest BCUT2D eigenvalue weighted by Gasteiger charge is -2.02. The summed E-state index contributed by atoms with van der Waals surface area (Å²) in [4.78, 5) is 4.92. The van der Waals surface area contributed by atoms with Gasteiger partial charge in [0.15, 0.2) is 5.06 Å². The lowest BCUT2D eigenvalue weighted by Crippen LogP contribution is -1.94. The third kappa shape index (κ3) is 1.79. The Morgan fingerprint density at radius 1 is 1.50 bits per heavy atom. The van der Waals surface area contributed by atoms with Crippen LogP contribution in [-0.2, 0) is 0 Å². The van der Waals surface area contributed by atoms with E-state index in [9.17, 15) is 5.11 Å². The van der Waals surface area contributed by atoms with Crippen LogP contribution in [0.2, 0.25) is 0 Å². The molecule has 3 nitrogen and oxygen atoms in total. The zero-order valence-corrected chi connectivity index (χ0v) is 9.14. The molecule has 74 valence electrons. The van der Waals surface area contributed by atoms with Crippen molar-refractivity contribution in [2.45, 2.75) is 6.10 Å². The third-order valence-corrected chi connectivity index (χ3v) is 3.69. The summed E-state index contributed by atoms with van der Waals surface area (Å²) in [5, 5.41) is 13.3. The van der Waals surface area contributed by atoms with E-state index in [0.29, 0.717) is 0 Å². The number of aliphatic hydroxyl groups excluding tert-OH is 1. The van der Waals surface area contributed by atoms with Gasteiger partial charge in [-0.2, -0.15) is 0 Å². The summed E-state index contributed by atoms with van der Waals surface area (Å²) in [6.45, 7) is 0. The van der Waals surface area contributed by atoms with Crippen molar-refractivity contribution in [3.05, 3.63) is 33.6 Å². The first-order valence-electron chi connectivity index (χ1n) is 4.02. The molecule has 1 unspecified atom stereocenters. The highest BCUT2D eigenvalue weighted by atomic mass is 32.1. The van der Waals surface area contributed by atoms with Crippen molar-refractivity contribution < 1.29 is 9.84 Å². The maximum Gasteiger partial charge on any atom is 0.173 e. The van der Waals surface area contributed by atoms with Crippen molar-refractivity contribution in [3.8, 4) is 5.06 Å². The number of thiazole rings is 1. The molecular weight excluding hydrogens is 218 g/mol. The molecule has 0 amide bonds. The van der Waals surface area contributed by atoms with Gasteiger partial charge in [-0.1, -0.05) is 0 Å². The Labute approximate surface area is 89.6 Å². The van der Waals surface area contributed by atoms with E-state index in [0.717, 1.165) is 14.9 Å². The maximum absolute atomic E-state index is 9.89. The Morgan fingerprint density at radius 2 is 2.36 bits per heavy atom. The molecule has 2 aromatic heterocycles. The van der Waals surface area contributed by atoms with E-state index in [1.165, 1.54) is 22.7 Å². The van der Waals surface area contributed by atoms with Gasteiger partial charge in [0.1, 0.15) is 11.1 Å². The van der Waals surface area contributed by atoms with Crippen molar-refractivity contribution in [3.63, 3.8) is 0 Å². The highest BCUT2D eigenvalue weighted by Gasteiger charge is 2.15. The molecule has 1 atom stereocenters. The van der Waals surface area contributed by atoms with Gasteiger partial charge in [0, 0.05) is 16.5 Å². The van der Waals surface area contributed by atoms with Gasteiger partial charge < -0.3 is 9.84 Å². The zero-order chi connectivity index (χ0) is 9.97. The first-order valence-corrected chi connectivity index (χ1v) is 5.72. The average molecular weight is 227 g/mol. The van der Waals surface area contributed by atoms with Crippen LogP contribution in [0.1, 0.15) is 16.0 Å². The molecule has 2 heterocycles. The minimum atomic E-state index is -0.621. The summed E-state index contributed by atoms with van der Waals surface area (Å²) in [5.74, 6) is 0. The Hall–Kier alpha value is -0.910. The van der Waals surface area contributed by atoms with Crippen molar-refractivity contribution in [1.82, 2.24) is 4.98 Å². The number of ether oxygens (including phenoxy) is 1. The van der Waals surface area contributed by atoms with Crippen molar-refractivity contribution >= 4 is 22.7 Å². The molecule has 0 aliphatic rings. The molecular formula is C9H9NO2S2. The second-order valence-corrected chi connectivity index (χ2v) is 4.64. The van der Waals surface area contributed by atoms with Crippen molar-refractivity contribution in [2.75, 3.05) is 7.11 Å². The van der Waals surface area contributed by atoms with Crippen LogP contribution in [0.15, 0.2) is 23.7 Å². The molecule has 0 spiro atoms. The fraction of sp³-hybridized carbons (Fsp3) is 0.222. The number of hydrogen-bond acceptors (Lipinski definition) is 5. The quantitative estimate of drug-likeness (QED) is 0.874. The molecule has 14 heavy (non-hydrogen) atoms. The van der Waals surface area contributed by atoms with Crippen LogP contribution in [0.25, 0.3) is 0 Å². The summed E-state index contributed by atoms with van der Waals surface area (Å²) < 4.78 is 5.05. The van der Waals surface area contributed by atoms with Crippen LogP contribution < -0.4 is 4.74 Å². The summed E-state index contributed by atoms with van der Waals surface area (Å²) in [6.07, 6.45) is 1.07. The van der Waals surface area contributed by atoms with Gasteiger partial charge in [0.25, 0.3) is 0 Å². The van der Waals surface area contributed by atoms with Crippen LogP contribution in [0.3, 0.4) is 0 Å². The monoisotopic (exact) mass is 227 g/mol. The molecule has 2 aromatic rings. The molecule has 0 bridgehead atoms. The van der Waals surface area contributed by atoms with Crippen LogP contribution in [-0.4, -0.2) is 17.2 Å². The number of rotatable bonds is 3. The van der Waals surface area contributed by atoms with Crippen molar-refractivity contribution in [1.29, 1.82) is 0 Å². The first-order chi connectivity index (χ1) is 6.81. The smallest absolute Gasteiger partial charge is 0.173 e. The topological polar surface area (TPSA) is 42.4 Å². The second kappa shape index (κ2) is 4.08. The van der Waals surface area contributed by atoms with E-state index in [1.807, 2.05) is 17.5 Å². The van der Waals surface area contributed by atoms with Gasteiger partial charge in [0.2, 0.25) is 0 Å². The fourth-order valence-corrected chi connectivity index (χ4v) is 2.61. The average Bonchev–Trinajstić information content (AvgIpc) is 2.88. The summed E-state index contributed by atoms with van der Waals surface area (Å²) in [6, 6.07) is 3.70. The number of aliphatic hydroxyl groups is 1. The minimum Gasteiger partial charge on any atom is -0.487 e. The van der Waals surface area contributed by atoms with E-state index >= 15 is 0 Å². The maximum atomic E-state index is 9.89. The van der Waals surface area contributed by atoms with Crippen LogP contribution in [0.5, 0.6) is 5.06 Å². The van der Waals surface area contributed by atoms with Gasteiger partial charge in [-0.3, -0.25) is 0 Å². The number of aromatic nitrogens is 1. The van der Waals surface area contributed by atoms with E-state index in [2.05, 4.69) is 4.98 Å². The Bertz CT molecular complexity index is 397. The van der Waals surface area contributed by atoms with Gasteiger partial charge in [-0.15, -0.1) is 22.7 Å². The largest absolute Gasteiger partial charge is 0.487 e. The van der Waals surface area contributed by atoms with Gasteiger partial charge >= 0.3 is 0 Å². The highest BCUT2D eigenvalue weighted by molar-refractivity contribution is 7.14. The molecule has 0 radical (unpaired) electrons. The van der Waals surface area contributed by atoms with E-state index in [1.54, 1.807) is 13.3 Å². The summed E-state index contributed by atoms with van der Waals surface area (Å²) >= 11 is 2.88. The van der Waals surface area contributed by atoms with Crippen LogP contribution in [0, 0.1) is 0 Å². The zero-order valence-electron chi connectivity index (χ0n) is 7.51. The molecule has 5 heteroatoms. The third-order valence-electron chi connectivity index (χ3n) is 1.76. The summed E-state index contributed by atoms with van der Waals surface area (Å²) in [7, 11) is 1.62. The molecule has 0 fully saturated rings. The Morgan fingerprint density at radius 3 is 2.93 bits per heavy atom. The molecule has 0 aliphatic carbocycles. The lowest BCUT2D eigenvalue weighted by atomic mass is 10.3. The lowest BCUT2D eigenvalue weighted by molar-refractivity contribution is 0.223. The summed E-state index contributed by atoms with van der Waals surface area (Å²) in [5.41, 5.74) is 0. The normalized spacial score (nSPS) is 12.7. The minimum absolute atomic E-state index is 0.621. The van der Waals surface area contributed by atoms with Gasteiger partial charge in [0.05, 0.1) is 7.11 Å². The number of thiophene rings is 1. The highest BCUT2D eigenvalue weighted by Crippen LogP contribution is 2.32. The number of hydrogen-bond donors (Lipinski definition) is 1. The van der Waals surface area contributed by atoms with E-state index in [4.69, 9.17) is 4.74 Å².